The molecule has 0 bridgehead atoms. The van der Waals surface area contributed by atoms with Crippen molar-refractivity contribution in [3.05, 3.63) is 23.4 Å². The second-order valence-electron chi connectivity index (χ2n) is 5.65. The monoisotopic (exact) mass is 250 g/mol. The van der Waals surface area contributed by atoms with Gasteiger partial charge in [0, 0.05) is 12.7 Å². The molecule has 1 heterocycles. The summed E-state index contributed by atoms with van der Waals surface area (Å²) in [6, 6.07) is 1.71. The Morgan fingerprint density at radius 1 is 1.50 bits per heavy atom. The molecule has 0 atom stereocenters. The van der Waals surface area contributed by atoms with E-state index in [0.717, 1.165) is 5.56 Å². The van der Waals surface area contributed by atoms with Gasteiger partial charge in [0.05, 0.1) is 0 Å². The SMILES string of the molecule is Cc1ccnc(NCC(C)(C)C(C)C)c1C(=O)O. The highest BCUT2D eigenvalue weighted by molar-refractivity contribution is 5.94. The van der Waals surface area contributed by atoms with Crippen molar-refractivity contribution in [1.82, 2.24) is 4.98 Å². The van der Waals surface area contributed by atoms with Gasteiger partial charge in [-0.3, -0.25) is 0 Å². The van der Waals surface area contributed by atoms with Gasteiger partial charge in [0.25, 0.3) is 0 Å². The molecule has 18 heavy (non-hydrogen) atoms. The van der Waals surface area contributed by atoms with Crippen molar-refractivity contribution < 1.29 is 9.90 Å². The first kappa shape index (κ1) is 14.5. The lowest BCUT2D eigenvalue weighted by molar-refractivity contribution is 0.0696. The van der Waals surface area contributed by atoms with Crippen molar-refractivity contribution in [3.8, 4) is 0 Å². The zero-order chi connectivity index (χ0) is 13.9. The maximum atomic E-state index is 11.2. The second-order valence-corrected chi connectivity index (χ2v) is 5.65. The van der Waals surface area contributed by atoms with Gasteiger partial charge in [-0.1, -0.05) is 27.7 Å². The summed E-state index contributed by atoms with van der Waals surface area (Å²) in [4.78, 5) is 15.4. The number of aromatic nitrogens is 1. The largest absolute Gasteiger partial charge is 0.478 e. The van der Waals surface area contributed by atoms with Crippen LogP contribution in [0.25, 0.3) is 0 Å². The molecule has 0 aliphatic rings. The minimum Gasteiger partial charge on any atom is -0.478 e. The predicted molar refractivity (Wildman–Crippen MR) is 73.0 cm³/mol. The topological polar surface area (TPSA) is 62.2 Å². The Morgan fingerprint density at radius 3 is 2.61 bits per heavy atom. The van der Waals surface area contributed by atoms with Gasteiger partial charge in [-0.15, -0.1) is 0 Å². The maximum Gasteiger partial charge on any atom is 0.339 e. The summed E-state index contributed by atoms with van der Waals surface area (Å²) in [6.07, 6.45) is 1.63. The number of anilines is 1. The first-order valence-corrected chi connectivity index (χ1v) is 6.18. The molecule has 4 nitrogen and oxygen atoms in total. The highest BCUT2D eigenvalue weighted by Gasteiger charge is 2.23. The molecule has 2 N–H and O–H groups in total. The van der Waals surface area contributed by atoms with Gasteiger partial charge in [-0.25, -0.2) is 9.78 Å². The number of rotatable bonds is 5. The number of carboxylic acid groups (broad SMARTS) is 1. The number of nitrogens with one attached hydrogen (secondary N) is 1. The number of nitrogens with zero attached hydrogens (tertiary/aromatic N) is 1. The Bertz CT molecular complexity index is 439. The lowest BCUT2D eigenvalue weighted by Crippen LogP contribution is -2.29. The van der Waals surface area contributed by atoms with Crippen molar-refractivity contribution in [2.75, 3.05) is 11.9 Å². The Labute approximate surface area is 108 Å². The Hall–Kier alpha value is -1.58. The minimum atomic E-state index is -0.939. The lowest BCUT2D eigenvalue weighted by atomic mass is 9.81. The normalized spacial score (nSPS) is 11.7. The number of pyridine rings is 1. The minimum absolute atomic E-state index is 0.0845. The van der Waals surface area contributed by atoms with Gasteiger partial charge in [-0.05, 0) is 29.9 Å². The Kier molecular flexibility index (Phi) is 4.33. The highest BCUT2D eigenvalue weighted by atomic mass is 16.4. The Morgan fingerprint density at radius 2 is 2.11 bits per heavy atom. The van der Waals surface area contributed by atoms with Crippen LogP contribution in [0.2, 0.25) is 0 Å². The molecule has 1 aromatic rings. The number of carbonyl (C=O) groups is 1. The summed E-state index contributed by atoms with van der Waals surface area (Å²) < 4.78 is 0. The average Bonchev–Trinajstić information content (AvgIpc) is 2.25. The summed E-state index contributed by atoms with van der Waals surface area (Å²) >= 11 is 0. The van der Waals surface area contributed by atoms with Crippen molar-refractivity contribution in [3.63, 3.8) is 0 Å². The van der Waals surface area contributed by atoms with E-state index in [0.29, 0.717) is 18.3 Å². The van der Waals surface area contributed by atoms with E-state index >= 15 is 0 Å². The van der Waals surface area contributed by atoms with Crippen LogP contribution in [-0.4, -0.2) is 22.6 Å². The molecule has 0 radical (unpaired) electrons. The molecule has 0 unspecified atom stereocenters. The summed E-state index contributed by atoms with van der Waals surface area (Å²) in [7, 11) is 0. The summed E-state index contributed by atoms with van der Waals surface area (Å²) in [5.41, 5.74) is 1.07. The number of hydrogen-bond acceptors (Lipinski definition) is 3. The fourth-order valence-corrected chi connectivity index (χ4v) is 1.48. The number of hydrogen-bond donors (Lipinski definition) is 2. The van der Waals surface area contributed by atoms with Crippen LogP contribution >= 0.6 is 0 Å². The van der Waals surface area contributed by atoms with Crippen LogP contribution in [0.15, 0.2) is 12.3 Å². The molecule has 0 fully saturated rings. The summed E-state index contributed by atoms with van der Waals surface area (Å²) in [5, 5.41) is 12.4. The third kappa shape index (κ3) is 3.22. The highest BCUT2D eigenvalue weighted by Crippen LogP contribution is 2.27. The zero-order valence-corrected chi connectivity index (χ0v) is 11.7. The van der Waals surface area contributed by atoms with Crippen molar-refractivity contribution in [1.29, 1.82) is 0 Å². The van der Waals surface area contributed by atoms with E-state index < -0.39 is 5.97 Å². The van der Waals surface area contributed by atoms with Crippen LogP contribution in [0.5, 0.6) is 0 Å². The molecule has 0 aromatic carbocycles. The van der Waals surface area contributed by atoms with Crippen LogP contribution in [0, 0.1) is 18.3 Å². The first-order valence-electron chi connectivity index (χ1n) is 6.18. The fourth-order valence-electron chi connectivity index (χ4n) is 1.48. The molecule has 0 aliphatic carbocycles. The van der Waals surface area contributed by atoms with Crippen LogP contribution < -0.4 is 5.32 Å². The van der Waals surface area contributed by atoms with Crippen molar-refractivity contribution >= 4 is 11.8 Å². The van der Waals surface area contributed by atoms with Gasteiger partial charge in [0.15, 0.2) is 0 Å². The standard InChI is InChI=1S/C14H22N2O2/c1-9(2)14(4,5)8-16-12-11(13(17)18)10(3)6-7-15-12/h6-7,9H,8H2,1-5H3,(H,15,16)(H,17,18). The number of aryl methyl sites for hydroxylation is 1. The fraction of sp³-hybridized carbons (Fsp3) is 0.571. The van der Waals surface area contributed by atoms with E-state index in [1.807, 2.05) is 0 Å². The zero-order valence-electron chi connectivity index (χ0n) is 11.7. The van der Waals surface area contributed by atoms with Gasteiger partial charge in [-0.2, -0.15) is 0 Å². The van der Waals surface area contributed by atoms with Crippen LogP contribution in [-0.2, 0) is 0 Å². The first-order chi connectivity index (χ1) is 8.25. The van der Waals surface area contributed by atoms with E-state index in [4.69, 9.17) is 0 Å². The van der Waals surface area contributed by atoms with Crippen molar-refractivity contribution in [2.45, 2.75) is 34.6 Å². The molecule has 1 rings (SSSR count). The van der Waals surface area contributed by atoms with Gasteiger partial charge >= 0.3 is 5.97 Å². The molecular weight excluding hydrogens is 228 g/mol. The molecule has 4 heteroatoms. The molecule has 0 amide bonds. The molecule has 0 aliphatic heterocycles. The van der Waals surface area contributed by atoms with Gasteiger partial charge in [0.1, 0.15) is 11.4 Å². The van der Waals surface area contributed by atoms with Gasteiger partial charge < -0.3 is 10.4 Å². The number of carboxylic acids is 1. The molecule has 0 saturated carbocycles. The maximum absolute atomic E-state index is 11.2. The van der Waals surface area contributed by atoms with Crippen molar-refractivity contribution in [2.24, 2.45) is 11.3 Å². The lowest BCUT2D eigenvalue weighted by Gasteiger charge is -2.29. The van der Waals surface area contributed by atoms with E-state index in [9.17, 15) is 9.90 Å². The van der Waals surface area contributed by atoms with E-state index in [1.54, 1.807) is 19.2 Å². The molecule has 1 aromatic heterocycles. The molecule has 0 saturated heterocycles. The van der Waals surface area contributed by atoms with Crippen LogP contribution in [0.3, 0.4) is 0 Å². The second kappa shape index (κ2) is 5.38. The van der Waals surface area contributed by atoms with Gasteiger partial charge in [0.2, 0.25) is 0 Å². The Balaban J connectivity index is 2.92. The van der Waals surface area contributed by atoms with Crippen LogP contribution in [0.1, 0.15) is 43.6 Å². The number of aromatic carboxylic acids is 1. The van der Waals surface area contributed by atoms with E-state index in [-0.39, 0.29) is 11.0 Å². The summed E-state index contributed by atoms with van der Waals surface area (Å²) in [5.74, 6) is 0.0183. The summed E-state index contributed by atoms with van der Waals surface area (Å²) in [6.45, 7) is 11.1. The van der Waals surface area contributed by atoms with E-state index in [1.165, 1.54) is 0 Å². The third-order valence-electron chi connectivity index (χ3n) is 3.65. The average molecular weight is 250 g/mol. The molecule has 100 valence electrons. The quantitative estimate of drug-likeness (QED) is 0.842. The smallest absolute Gasteiger partial charge is 0.339 e. The molecule has 0 spiro atoms. The van der Waals surface area contributed by atoms with Crippen LogP contribution in [0.4, 0.5) is 5.82 Å². The van der Waals surface area contributed by atoms with E-state index in [2.05, 4.69) is 38.0 Å². The predicted octanol–water partition coefficient (Wildman–Crippen LogP) is 3.18. The third-order valence-corrected chi connectivity index (χ3v) is 3.65. The molecular formula is C14H22N2O2.